The molecule has 1 aromatic carbocycles. The van der Waals surface area contributed by atoms with Gasteiger partial charge in [0.25, 0.3) is 0 Å². The summed E-state index contributed by atoms with van der Waals surface area (Å²) >= 11 is 1.88. The maximum Gasteiger partial charge on any atom is 0.161 e. The molecule has 1 atom stereocenters. The molecule has 2 aromatic rings. The van der Waals surface area contributed by atoms with Crippen LogP contribution in [0.25, 0.3) is 0 Å². The molecule has 1 aromatic heterocycles. The molecule has 1 N–H and O–H groups in total. The van der Waals surface area contributed by atoms with Gasteiger partial charge in [0.05, 0.1) is 19.8 Å². The van der Waals surface area contributed by atoms with E-state index in [9.17, 15) is 0 Å². The SMILES string of the molecule is CCOc1ccc(C(c2ccc(C)s2)N2CCCNCC2)cc1OC. The molecule has 1 aliphatic rings. The average Bonchev–Trinajstić information content (AvgIpc) is 2.87. The minimum atomic E-state index is 0.267. The molecular weight excluding hydrogens is 332 g/mol. The van der Waals surface area contributed by atoms with Crippen molar-refractivity contribution < 1.29 is 9.47 Å². The Kier molecular flexibility index (Phi) is 6.34. The van der Waals surface area contributed by atoms with Gasteiger partial charge in [-0.15, -0.1) is 11.3 Å². The summed E-state index contributed by atoms with van der Waals surface area (Å²) in [7, 11) is 1.71. The Morgan fingerprint density at radius 1 is 1.16 bits per heavy atom. The molecule has 0 radical (unpaired) electrons. The zero-order valence-corrected chi connectivity index (χ0v) is 16.2. The van der Waals surface area contributed by atoms with Crippen LogP contribution in [0.5, 0.6) is 11.5 Å². The molecule has 0 amide bonds. The quantitative estimate of drug-likeness (QED) is 0.848. The van der Waals surface area contributed by atoms with E-state index in [1.54, 1.807) is 7.11 Å². The molecule has 1 fully saturated rings. The lowest BCUT2D eigenvalue weighted by Crippen LogP contribution is -2.32. The number of thiophene rings is 1. The van der Waals surface area contributed by atoms with Crippen LogP contribution in [0.4, 0.5) is 0 Å². The van der Waals surface area contributed by atoms with Gasteiger partial charge < -0.3 is 14.8 Å². The highest BCUT2D eigenvalue weighted by atomic mass is 32.1. The second-order valence-corrected chi connectivity index (χ2v) is 7.65. The van der Waals surface area contributed by atoms with Crippen molar-refractivity contribution in [2.75, 3.05) is 39.9 Å². The number of hydrogen-bond acceptors (Lipinski definition) is 5. The van der Waals surface area contributed by atoms with Gasteiger partial charge in [0.1, 0.15) is 0 Å². The van der Waals surface area contributed by atoms with E-state index >= 15 is 0 Å². The smallest absolute Gasteiger partial charge is 0.161 e. The van der Waals surface area contributed by atoms with Crippen LogP contribution in [0.1, 0.15) is 34.7 Å². The van der Waals surface area contributed by atoms with Gasteiger partial charge in [0.2, 0.25) is 0 Å². The number of nitrogens with one attached hydrogen (secondary N) is 1. The molecule has 1 saturated heterocycles. The van der Waals surface area contributed by atoms with Crippen molar-refractivity contribution in [3.63, 3.8) is 0 Å². The van der Waals surface area contributed by atoms with Crippen LogP contribution in [-0.2, 0) is 0 Å². The summed E-state index contributed by atoms with van der Waals surface area (Å²) in [5.41, 5.74) is 1.27. The lowest BCUT2D eigenvalue weighted by atomic mass is 10.0. The summed E-state index contributed by atoms with van der Waals surface area (Å²) in [6.07, 6.45) is 1.18. The van der Waals surface area contributed by atoms with Crippen molar-refractivity contribution in [3.8, 4) is 11.5 Å². The third kappa shape index (κ3) is 4.35. The minimum Gasteiger partial charge on any atom is -0.493 e. The van der Waals surface area contributed by atoms with Crippen LogP contribution >= 0.6 is 11.3 Å². The summed E-state index contributed by atoms with van der Waals surface area (Å²) in [5, 5.41) is 3.51. The number of ether oxygens (including phenoxy) is 2. The molecule has 5 heteroatoms. The van der Waals surface area contributed by atoms with E-state index in [1.807, 2.05) is 24.3 Å². The van der Waals surface area contributed by atoms with Crippen LogP contribution in [0, 0.1) is 6.92 Å². The number of aryl methyl sites for hydroxylation is 1. The largest absolute Gasteiger partial charge is 0.493 e. The van der Waals surface area contributed by atoms with Crippen molar-refractivity contribution in [1.29, 1.82) is 0 Å². The van der Waals surface area contributed by atoms with Crippen LogP contribution in [0.3, 0.4) is 0 Å². The molecule has 25 heavy (non-hydrogen) atoms. The van der Waals surface area contributed by atoms with E-state index in [0.717, 1.165) is 37.7 Å². The zero-order valence-electron chi connectivity index (χ0n) is 15.4. The van der Waals surface area contributed by atoms with Crippen LogP contribution in [-0.4, -0.2) is 44.8 Å². The third-order valence-corrected chi connectivity index (χ3v) is 5.63. The van der Waals surface area contributed by atoms with E-state index in [4.69, 9.17) is 9.47 Å². The average molecular weight is 361 g/mol. The number of nitrogens with zero attached hydrogens (tertiary/aromatic N) is 1. The predicted octanol–water partition coefficient (Wildman–Crippen LogP) is 3.85. The molecule has 0 aliphatic carbocycles. The second kappa shape index (κ2) is 8.70. The first-order valence-electron chi connectivity index (χ1n) is 9.04. The van der Waals surface area contributed by atoms with Gasteiger partial charge in [-0.05, 0) is 56.6 Å². The molecule has 2 heterocycles. The molecule has 136 valence electrons. The Hall–Kier alpha value is -1.56. The van der Waals surface area contributed by atoms with Gasteiger partial charge in [-0.25, -0.2) is 0 Å². The fraction of sp³-hybridized carbons (Fsp3) is 0.500. The van der Waals surface area contributed by atoms with Crippen molar-refractivity contribution >= 4 is 11.3 Å². The Labute approximate surface area is 154 Å². The van der Waals surface area contributed by atoms with E-state index in [2.05, 4.69) is 41.4 Å². The van der Waals surface area contributed by atoms with Crippen LogP contribution in [0.2, 0.25) is 0 Å². The summed E-state index contributed by atoms with van der Waals surface area (Å²) in [6, 6.07) is 11.1. The molecule has 1 aliphatic heterocycles. The first-order chi connectivity index (χ1) is 12.2. The van der Waals surface area contributed by atoms with Crippen LogP contribution in [0.15, 0.2) is 30.3 Å². The van der Waals surface area contributed by atoms with Crippen molar-refractivity contribution in [2.24, 2.45) is 0 Å². The first-order valence-corrected chi connectivity index (χ1v) is 9.86. The van der Waals surface area contributed by atoms with E-state index in [1.165, 1.54) is 21.7 Å². The monoisotopic (exact) mass is 360 g/mol. The van der Waals surface area contributed by atoms with E-state index < -0.39 is 0 Å². The Bertz CT molecular complexity index is 678. The minimum absolute atomic E-state index is 0.267. The normalized spacial score (nSPS) is 17.1. The lowest BCUT2D eigenvalue weighted by Gasteiger charge is -2.30. The highest BCUT2D eigenvalue weighted by Crippen LogP contribution is 2.38. The molecule has 0 saturated carbocycles. The number of benzene rings is 1. The fourth-order valence-corrected chi connectivity index (χ4v) is 4.45. The topological polar surface area (TPSA) is 33.7 Å². The summed E-state index contributed by atoms with van der Waals surface area (Å²) in [5.74, 6) is 1.62. The number of methoxy groups -OCH3 is 1. The van der Waals surface area contributed by atoms with Gasteiger partial charge in [0.15, 0.2) is 11.5 Å². The first kappa shape index (κ1) is 18.2. The van der Waals surface area contributed by atoms with Crippen molar-refractivity contribution in [1.82, 2.24) is 10.2 Å². The highest BCUT2D eigenvalue weighted by molar-refractivity contribution is 7.12. The molecule has 4 nitrogen and oxygen atoms in total. The maximum atomic E-state index is 5.69. The number of hydrogen-bond donors (Lipinski definition) is 1. The molecule has 3 rings (SSSR count). The van der Waals surface area contributed by atoms with Crippen molar-refractivity contribution in [3.05, 3.63) is 45.6 Å². The molecular formula is C20H28N2O2S. The predicted molar refractivity (Wildman–Crippen MR) is 104 cm³/mol. The Balaban J connectivity index is 1.98. The Morgan fingerprint density at radius 2 is 2.04 bits per heavy atom. The summed E-state index contributed by atoms with van der Waals surface area (Å²) in [6.45, 7) is 9.10. The fourth-order valence-electron chi connectivity index (χ4n) is 3.41. The number of rotatable bonds is 6. The van der Waals surface area contributed by atoms with E-state index in [-0.39, 0.29) is 6.04 Å². The van der Waals surface area contributed by atoms with E-state index in [0.29, 0.717) is 6.61 Å². The summed E-state index contributed by atoms with van der Waals surface area (Å²) < 4.78 is 11.3. The van der Waals surface area contributed by atoms with Gasteiger partial charge >= 0.3 is 0 Å². The maximum absolute atomic E-state index is 5.69. The van der Waals surface area contributed by atoms with Gasteiger partial charge in [-0.3, -0.25) is 4.90 Å². The van der Waals surface area contributed by atoms with Gasteiger partial charge in [-0.1, -0.05) is 6.07 Å². The molecule has 0 bridgehead atoms. The third-order valence-electron chi connectivity index (χ3n) is 4.57. The zero-order chi connectivity index (χ0) is 17.6. The van der Waals surface area contributed by atoms with Crippen molar-refractivity contribution in [2.45, 2.75) is 26.3 Å². The summed E-state index contributed by atoms with van der Waals surface area (Å²) in [4.78, 5) is 5.33. The van der Waals surface area contributed by atoms with Crippen LogP contribution < -0.4 is 14.8 Å². The van der Waals surface area contributed by atoms with Gasteiger partial charge in [-0.2, -0.15) is 0 Å². The lowest BCUT2D eigenvalue weighted by molar-refractivity contribution is 0.243. The Morgan fingerprint density at radius 3 is 2.76 bits per heavy atom. The second-order valence-electron chi connectivity index (χ2n) is 6.33. The standard InChI is InChI=1S/C20H28N2O2S/c1-4-24-17-8-7-16(14-18(17)23-3)20(19-9-6-15(2)25-19)22-12-5-10-21-11-13-22/h6-9,14,20-21H,4-5,10-13H2,1-3H3. The molecule has 0 spiro atoms. The van der Waals surface area contributed by atoms with Gasteiger partial charge in [0, 0.05) is 29.4 Å². The molecule has 1 unspecified atom stereocenters. The highest BCUT2D eigenvalue weighted by Gasteiger charge is 2.25.